The van der Waals surface area contributed by atoms with Crippen LogP contribution in [0, 0.1) is 11.7 Å². The van der Waals surface area contributed by atoms with Crippen molar-refractivity contribution in [2.24, 2.45) is 5.92 Å². The van der Waals surface area contributed by atoms with Gasteiger partial charge in [-0.1, -0.05) is 19.8 Å². The van der Waals surface area contributed by atoms with Gasteiger partial charge in [-0.05, 0) is 30.4 Å². The van der Waals surface area contributed by atoms with E-state index in [9.17, 15) is 9.50 Å². The molecule has 2 N–H and O–H groups in total. The van der Waals surface area contributed by atoms with Crippen molar-refractivity contribution in [1.29, 1.82) is 0 Å². The van der Waals surface area contributed by atoms with Crippen molar-refractivity contribution >= 4 is 17.4 Å². The van der Waals surface area contributed by atoms with Gasteiger partial charge in [0.25, 0.3) is 0 Å². The molecule has 0 amide bonds. The van der Waals surface area contributed by atoms with E-state index in [1.807, 2.05) is 0 Å². The van der Waals surface area contributed by atoms with Gasteiger partial charge in [-0.3, -0.25) is 0 Å². The highest BCUT2D eigenvalue weighted by atomic mass is 35.5. The Kier molecular flexibility index (Phi) is 4.02. The Labute approximate surface area is 111 Å². The summed E-state index contributed by atoms with van der Waals surface area (Å²) >= 11 is 5.60. The molecule has 100 valence electrons. The molecule has 0 aliphatic heterocycles. The maximum atomic E-state index is 13.4. The molecule has 18 heavy (non-hydrogen) atoms. The van der Waals surface area contributed by atoms with E-state index in [1.54, 1.807) is 0 Å². The van der Waals surface area contributed by atoms with Crippen molar-refractivity contribution in [3.05, 3.63) is 17.3 Å². The molecule has 0 saturated heterocycles. The van der Waals surface area contributed by atoms with E-state index in [2.05, 4.69) is 22.2 Å². The number of nitrogens with one attached hydrogen (secondary N) is 1. The minimum Gasteiger partial charge on any atom is -0.388 e. The van der Waals surface area contributed by atoms with E-state index < -0.39 is 11.4 Å². The molecule has 1 aromatic heterocycles. The summed E-state index contributed by atoms with van der Waals surface area (Å²) < 4.78 is 13.4. The summed E-state index contributed by atoms with van der Waals surface area (Å²) in [4.78, 5) is 7.30. The van der Waals surface area contributed by atoms with Gasteiger partial charge in [0, 0.05) is 6.54 Å². The summed E-state index contributed by atoms with van der Waals surface area (Å²) in [7, 11) is 0. The van der Waals surface area contributed by atoms with Gasteiger partial charge in [0.1, 0.15) is 0 Å². The fourth-order valence-electron chi connectivity index (χ4n) is 2.51. The maximum absolute atomic E-state index is 13.4. The maximum Gasteiger partial charge on any atom is 0.224 e. The SMILES string of the molecule is CC1CCCC(O)(CNc2nc(Cl)ncc2F)C1. The molecular weight excluding hydrogens is 257 g/mol. The van der Waals surface area contributed by atoms with E-state index in [4.69, 9.17) is 11.6 Å². The third kappa shape index (κ3) is 3.29. The van der Waals surface area contributed by atoms with Crippen LogP contribution in [0.3, 0.4) is 0 Å². The van der Waals surface area contributed by atoms with Crippen LogP contribution in [-0.4, -0.2) is 27.2 Å². The highest BCUT2D eigenvalue weighted by Crippen LogP contribution is 2.32. The van der Waals surface area contributed by atoms with E-state index >= 15 is 0 Å². The van der Waals surface area contributed by atoms with Gasteiger partial charge < -0.3 is 10.4 Å². The Morgan fingerprint density at radius 2 is 2.44 bits per heavy atom. The molecular formula is C12H17ClFN3O. The first kappa shape index (κ1) is 13.5. The number of rotatable bonds is 3. The lowest BCUT2D eigenvalue weighted by molar-refractivity contribution is -0.000874. The number of aliphatic hydroxyl groups is 1. The normalized spacial score (nSPS) is 28.1. The van der Waals surface area contributed by atoms with Crippen LogP contribution in [0.2, 0.25) is 5.28 Å². The fourth-order valence-corrected chi connectivity index (χ4v) is 2.64. The van der Waals surface area contributed by atoms with Crippen molar-refractivity contribution in [2.45, 2.75) is 38.2 Å². The Morgan fingerprint density at radius 3 is 3.17 bits per heavy atom. The van der Waals surface area contributed by atoms with Gasteiger partial charge in [0.2, 0.25) is 5.28 Å². The second-order valence-electron chi connectivity index (χ2n) is 5.11. The molecule has 0 bridgehead atoms. The molecule has 1 fully saturated rings. The van der Waals surface area contributed by atoms with E-state index in [0.29, 0.717) is 5.92 Å². The zero-order valence-corrected chi connectivity index (χ0v) is 11.0. The van der Waals surface area contributed by atoms with Gasteiger partial charge in [-0.15, -0.1) is 0 Å². The largest absolute Gasteiger partial charge is 0.388 e. The molecule has 2 rings (SSSR count). The van der Waals surface area contributed by atoms with Crippen LogP contribution in [0.15, 0.2) is 6.20 Å². The molecule has 0 spiro atoms. The molecule has 1 aromatic rings. The van der Waals surface area contributed by atoms with Crippen LogP contribution in [0.25, 0.3) is 0 Å². The number of hydrogen-bond acceptors (Lipinski definition) is 4. The highest BCUT2D eigenvalue weighted by molar-refractivity contribution is 6.28. The fraction of sp³-hybridized carbons (Fsp3) is 0.667. The molecule has 6 heteroatoms. The average Bonchev–Trinajstić information content (AvgIpc) is 2.30. The lowest BCUT2D eigenvalue weighted by Gasteiger charge is -2.35. The number of hydrogen-bond donors (Lipinski definition) is 2. The van der Waals surface area contributed by atoms with Crippen LogP contribution in [-0.2, 0) is 0 Å². The lowest BCUT2D eigenvalue weighted by Crippen LogP contribution is -2.41. The summed E-state index contributed by atoms with van der Waals surface area (Å²) in [6.07, 6.45) is 4.60. The minimum absolute atomic E-state index is 0.0112. The van der Waals surface area contributed by atoms with E-state index in [1.165, 1.54) is 0 Å². The van der Waals surface area contributed by atoms with E-state index in [0.717, 1.165) is 31.9 Å². The lowest BCUT2D eigenvalue weighted by atomic mass is 9.79. The van der Waals surface area contributed by atoms with Crippen molar-refractivity contribution in [2.75, 3.05) is 11.9 Å². The van der Waals surface area contributed by atoms with E-state index in [-0.39, 0.29) is 17.6 Å². The smallest absolute Gasteiger partial charge is 0.224 e. The molecule has 4 nitrogen and oxygen atoms in total. The summed E-state index contributed by atoms with van der Waals surface area (Å²) in [5.41, 5.74) is -0.790. The third-order valence-corrected chi connectivity index (χ3v) is 3.55. The topological polar surface area (TPSA) is 58.0 Å². The monoisotopic (exact) mass is 273 g/mol. The number of anilines is 1. The molecule has 1 aliphatic rings. The molecule has 2 atom stereocenters. The molecule has 1 saturated carbocycles. The minimum atomic E-state index is -0.790. The van der Waals surface area contributed by atoms with Crippen LogP contribution < -0.4 is 5.32 Å². The van der Waals surface area contributed by atoms with Crippen molar-refractivity contribution in [3.63, 3.8) is 0 Å². The number of nitrogens with zero attached hydrogens (tertiary/aromatic N) is 2. The third-order valence-electron chi connectivity index (χ3n) is 3.37. The Morgan fingerprint density at radius 1 is 1.67 bits per heavy atom. The summed E-state index contributed by atoms with van der Waals surface area (Å²) in [6.45, 7) is 2.40. The first-order valence-corrected chi connectivity index (χ1v) is 6.51. The Balaban J connectivity index is 2.00. The van der Waals surface area contributed by atoms with Crippen molar-refractivity contribution < 1.29 is 9.50 Å². The predicted molar refractivity (Wildman–Crippen MR) is 68.1 cm³/mol. The van der Waals surface area contributed by atoms with Crippen molar-refractivity contribution in [1.82, 2.24) is 9.97 Å². The van der Waals surface area contributed by atoms with Gasteiger partial charge >= 0.3 is 0 Å². The predicted octanol–water partition coefficient (Wildman–Crippen LogP) is 2.62. The standard InChI is InChI=1S/C12H17ClFN3O/c1-8-3-2-4-12(18,5-8)7-16-10-9(14)6-15-11(13)17-10/h6,8,18H,2-5,7H2,1H3,(H,15,16,17). The number of halogens is 2. The zero-order valence-electron chi connectivity index (χ0n) is 10.3. The molecule has 1 aliphatic carbocycles. The van der Waals surface area contributed by atoms with Crippen molar-refractivity contribution in [3.8, 4) is 0 Å². The van der Waals surface area contributed by atoms with Gasteiger partial charge in [0.15, 0.2) is 11.6 Å². The Bertz CT molecular complexity index is 432. The Hall–Kier alpha value is -0.940. The van der Waals surface area contributed by atoms with Crippen LogP contribution in [0.1, 0.15) is 32.6 Å². The van der Waals surface area contributed by atoms with Gasteiger partial charge in [-0.25, -0.2) is 9.37 Å². The first-order chi connectivity index (χ1) is 8.48. The second kappa shape index (κ2) is 5.36. The first-order valence-electron chi connectivity index (χ1n) is 6.13. The van der Waals surface area contributed by atoms with Crippen LogP contribution >= 0.6 is 11.6 Å². The summed E-state index contributed by atoms with van der Waals surface area (Å²) in [5, 5.41) is 13.2. The second-order valence-corrected chi connectivity index (χ2v) is 5.45. The number of aromatic nitrogens is 2. The van der Waals surface area contributed by atoms with Crippen LogP contribution in [0.5, 0.6) is 0 Å². The zero-order chi connectivity index (χ0) is 13.2. The quantitative estimate of drug-likeness (QED) is 0.831. The van der Waals surface area contributed by atoms with Gasteiger partial charge in [0.05, 0.1) is 11.8 Å². The molecule has 2 unspecified atom stereocenters. The van der Waals surface area contributed by atoms with Crippen LogP contribution in [0.4, 0.5) is 10.2 Å². The highest BCUT2D eigenvalue weighted by Gasteiger charge is 2.32. The molecule has 1 heterocycles. The average molecular weight is 274 g/mol. The summed E-state index contributed by atoms with van der Waals surface area (Å²) in [5.74, 6) is -0.0297. The molecule has 0 aromatic carbocycles. The summed E-state index contributed by atoms with van der Waals surface area (Å²) in [6, 6.07) is 0. The van der Waals surface area contributed by atoms with Gasteiger partial charge in [-0.2, -0.15) is 4.98 Å². The molecule has 0 radical (unpaired) electrons.